The molecule has 3 amide bonds. The number of nitrogens with one attached hydrogen (secondary N) is 2. The Morgan fingerprint density at radius 2 is 2.16 bits per heavy atom. The largest absolute Gasteiger partial charge is 0.481 e. The molecule has 108 valence electrons. The van der Waals surface area contributed by atoms with Crippen molar-refractivity contribution in [2.45, 2.75) is 18.9 Å². The Bertz CT molecular complexity index is 347. The normalized spacial score (nSPS) is 18.8. The summed E-state index contributed by atoms with van der Waals surface area (Å²) in [6, 6.07) is -0.303. The van der Waals surface area contributed by atoms with E-state index in [1.54, 1.807) is 0 Å². The lowest BCUT2D eigenvalue weighted by Crippen LogP contribution is -2.50. The van der Waals surface area contributed by atoms with E-state index in [2.05, 4.69) is 10.6 Å². The number of aliphatic carboxylic acids is 1. The average Bonchev–Trinajstić information content (AvgIpc) is 2.37. The minimum Gasteiger partial charge on any atom is -0.481 e. The van der Waals surface area contributed by atoms with Crippen molar-refractivity contribution in [2.24, 2.45) is 0 Å². The minimum absolute atomic E-state index is 0.123. The molecule has 1 aliphatic heterocycles. The van der Waals surface area contributed by atoms with Gasteiger partial charge in [-0.1, -0.05) is 0 Å². The monoisotopic (exact) mass is 273 g/mol. The highest BCUT2D eigenvalue weighted by Crippen LogP contribution is 2.08. The molecule has 8 heteroatoms. The van der Waals surface area contributed by atoms with Gasteiger partial charge in [0.1, 0.15) is 0 Å². The Kier molecular flexibility index (Phi) is 6.07. The second-order valence-corrected chi connectivity index (χ2v) is 4.19. The predicted octanol–water partition coefficient (Wildman–Crippen LogP) is -0.992. The van der Waals surface area contributed by atoms with Gasteiger partial charge >= 0.3 is 12.0 Å². The first kappa shape index (κ1) is 15.2. The molecule has 1 aliphatic rings. The van der Waals surface area contributed by atoms with Crippen molar-refractivity contribution in [3.63, 3.8) is 0 Å². The molecule has 0 spiro atoms. The molecule has 0 aromatic rings. The Morgan fingerprint density at radius 3 is 2.79 bits per heavy atom. The molecule has 0 aromatic heterocycles. The van der Waals surface area contributed by atoms with Crippen LogP contribution in [-0.2, 0) is 14.3 Å². The van der Waals surface area contributed by atoms with Crippen LogP contribution in [0.5, 0.6) is 0 Å². The summed E-state index contributed by atoms with van der Waals surface area (Å²) in [7, 11) is 1.53. The van der Waals surface area contributed by atoms with E-state index in [-0.39, 0.29) is 37.9 Å². The average molecular weight is 273 g/mol. The van der Waals surface area contributed by atoms with Crippen LogP contribution < -0.4 is 10.6 Å². The van der Waals surface area contributed by atoms with Crippen LogP contribution in [0.3, 0.4) is 0 Å². The zero-order valence-corrected chi connectivity index (χ0v) is 10.8. The number of carboxylic acid groups (broad SMARTS) is 1. The maximum absolute atomic E-state index is 11.8. The number of carboxylic acids is 1. The molecule has 8 nitrogen and oxygen atoms in total. The Balaban J connectivity index is 2.31. The zero-order valence-electron chi connectivity index (χ0n) is 10.8. The number of amides is 3. The smallest absolute Gasteiger partial charge is 0.317 e. The first-order chi connectivity index (χ1) is 9.02. The molecule has 0 aliphatic carbocycles. The fourth-order valence-electron chi connectivity index (χ4n) is 1.74. The van der Waals surface area contributed by atoms with Crippen LogP contribution in [0.4, 0.5) is 4.79 Å². The third-order valence-corrected chi connectivity index (χ3v) is 2.74. The topological polar surface area (TPSA) is 108 Å². The summed E-state index contributed by atoms with van der Waals surface area (Å²) in [4.78, 5) is 34.8. The molecule has 0 bridgehead atoms. The molecule has 1 fully saturated rings. The van der Waals surface area contributed by atoms with Crippen molar-refractivity contribution in [3.05, 3.63) is 0 Å². The molecule has 0 saturated carbocycles. The lowest BCUT2D eigenvalue weighted by atomic mass is 10.2. The third kappa shape index (κ3) is 5.56. The molecule has 0 aromatic carbocycles. The maximum atomic E-state index is 11.8. The Hall–Kier alpha value is -1.83. The highest BCUT2D eigenvalue weighted by molar-refractivity contribution is 5.78. The van der Waals surface area contributed by atoms with Crippen molar-refractivity contribution >= 4 is 17.9 Å². The number of carbonyl (C=O) groups is 3. The molecule has 0 radical (unpaired) electrons. The number of urea groups is 1. The van der Waals surface area contributed by atoms with Gasteiger partial charge in [-0.3, -0.25) is 9.59 Å². The van der Waals surface area contributed by atoms with Gasteiger partial charge in [0, 0.05) is 33.1 Å². The molecule has 1 heterocycles. The van der Waals surface area contributed by atoms with Crippen LogP contribution in [0.15, 0.2) is 0 Å². The van der Waals surface area contributed by atoms with E-state index in [0.717, 1.165) is 0 Å². The summed E-state index contributed by atoms with van der Waals surface area (Å²) >= 11 is 0. The van der Waals surface area contributed by atoms with Crippen molar-refractivity contribution in [1.82, 2.24) is 15.5 Å². The van der Waals surface area contributed by atoms with E-state index in [1.165, 1.54) is 11.9 Å². The van der Waals surface area contributed by atoms with Gasteiger partial charge in [0.05, 0.1) is 19.1 Å². The second kappa shape index (κ2) is 7.57. The summed E-state index contributed by atoms with van der Waals surface area (Å²) in [5.41, 5.74) is 0. The number of rotatable bonds is 5. The number of carbonyl (C=O) groups excluding carboxylic acids is 2. The number of hydrogen-bond donors (Lipinski definition) is 3. The van der Waals surface area contributed by atoms with Gasteiger partial charge in [-0.25, -0.2) is 4.79 Å². The van der Waals surface area contributed by atoms with Crippen LogP contribution in [0.25, 0.3) is 0 Å². The van der Waals surface area contributed by atoms with Crippen molar-refractivity contribution in [1.29, 1.82) is 0 Å². The van der Waals surface area contributed by atoms with Crippen LogP contribution in [0.2, 0.25) is 0 Å². The quantitative estimate of drug-likeness (QED) is 0.596. The predicted molar refractivity (Wildman–Crippen MR) is 65.6 cm³/mol. The fraction of sp³-hybridized carbons (Fsp3) is 0.727. The van der Waals surface area contributed by atoms with Crippen molar-refractivity contribution in [2.75, 3.05) is 33.3 Å². The molecule has 3 N–H and O–H groups in total. The molecular weight excluding hydrogens is 254 g/mol. The van der Waals surface area contributed by atoms with E-state index in [4.69, 9.17) is 9.84 Å². The zero-order chi connectivity index (χ0) is 14.3. The maximum Gasteiger partial charge on any atom is 0.317 e. The number of nitrogens with zero attached hydrogens (tertiary/aromatic N) is 1. The van der Waals surface area contributed by atoms with Crippen LogP contribution >= 0.6 is 0 Å². The van der Waals surface area contributed by atoms with E-state index in [1.807, 2.05) is 0 Å². The van der Waals surface area contributed by atoms with Crippen LogP contribution in [0.1, 0.15) is 12.8 Å². The van der Waals surface area contributed by atoms with E-state index < -0.39 is 12.1 Å². The van der Waals surface area contributed by atoms with E-state index in [9.17, 15) is 14.4 Å². The lowest BCUT2D eigenvalue weighted by Gasteiger charge is -2.32. The Labute approximate surface area is 111 Å². The highest BCUT2D eigenvalue weighted by atomic mass is 16.5. The first-order valence-corrected chi connectivity index (χ1v) is 6.09. The minimum atomic E-state index is -0.952. The van der Waals surface area contributed by atoms with Gasteiger partial charge < -0.3 is 25.4 Å². The first-order valence-electron chi connectivity index (χ1n) is 6.09. The van der Waals surface area contributed by atoms with Gasteiger partial charge in [0.25, 0.3) is 0 Å². The summed E-state index contributed by atoms with van der Waals surface area (Å²) in [6.45, 7) is 1.24. The van der Waals surface area contributed by atoms with Crippen molar-refractivity contribution in [3.8, 4) is 0 Å². The molecule has 1 unspecified atom stereocenters. The standard InChI is InChI=1S/C11H19N3O5/c1-12-9(15)2-3-13-11(18)14-4-5-19-8(7-14)6-10(16)17/h8H,2-7H2,1H3,(H,12,15)(H,13,18)(H,16,17). The summed E-state index contributed by atoms with van der Waals surface area (Å²) in [5.74, 6) is -1.10. The van der Waals surface area contributed by atoms with E-state index in [0.29, 0.717) is 13.2 Å². The molecule has 1 atom stereocenters. The molecule has 19 heavy (non-hydrogen) atoms. The van der Waals surface area contributed by atoms with Gasteiger partial charge in [0.15, 0.2) is 0 Å². The number of hydrogen-bond acceptors (Lipinski definition) is 4. The molecule has 1 saturated heterocycles. The molecular formula is C11H19N3O5. The van der Waals surface area contributed by atoms with Crippen LogP contribution in [0, 0.1) is 0 Å². The SMILES string of the molecule is CNC(=O)CCNC(=O)N1CCOC(CC(=O)O)C1. The highest BCUT2D eigenvalue weighted by Gasteiger charge is 2.25. The number of morpholine rings is 1. The lowest BCUT2D eigenvalue weighted by molar-refractivity contribution is -0.141. The second-order valence-electron chi connectivity index (χ2n) is 4.19. The van der Waals surface area contributed by atoms with Gasteiger partial charge in [-0.05, 0) is 0 Å². The number of ether oxygens (including phenoxy) is 1. The van der Waals surface area contributed by atoms with Gasteiger partial charge in [-0.2, -0.15) is 0 Å². The summed E-state index contributed by atoms with van der Waals surface area (Å²) in [6.07, 6.45) is -0.386. The van der Waals surface area contributed by atoms with Gasteiger partial charge in [-0.15, -0.1) is 0 Å². The summed E-state index contributed by atoms with van der Waals surface area (Å²) in [5, 5.41) is 13.7. The summed E-state index contributed by atoms with van der Waals surface area (Å²) < 4.78 is 5.26. The van der Waals surface area contributed by atoms with Gasteiger partial charge in [0.2, 0.25) is 5.91 Å². The molecule has 1 rings (SSSR count). The third-order valence-electron chi connectivity index (χ3n) is 2.74. The van der Waals surface area contributed by atoms with E-state index >= 15 is 0 Å². The van der Waals surface area contributed by atoms with Crippen molar-refractivity contribution < 1.29 is 24.2 Å². The Morgan fingerprint density at radius 1 is 1.42 bits per heavy atom. The fourth-order valence-corrected chi connectivity index (χ4v) is 1.74. The van der Waals surface area contributed by atoms with Crippen LogP contribution in [-0.4, -0.2) is 67.3 Å².